The van der Waals surface area contributed by atoms with Crippen LogP contribution in [0.5, 0.6) is 0 Å². The molecule has 4 aromatic carbocycles. The molecule has 2 heterocycles. The summed E-state index contributed by atoms with van der Waals surface area (Å²) in [5.74, 6) is 0. The van der Waals surface area contributed by atoms with Crippen molar-refractivity contribution in [1.82, 2.24) is 0 Å². The van der Waals surface area contributed by atoms with Crippen molar-refractivity contribution in [2.45, 2.75) is 82.8 Å². The summed E-state index contributed by atoms with van der Waals surface area (Å²) in [7, 11) is -9.78. The third-order valence-corrected chi connectivity index (χ3v) is 15.5. The SMILES string of the molecule is CCCC[C@H]([C@H](C)[S+]1c2ccccc2Sc2ccccc21)[S+]1c2ccccc2Sc2ccccc21.[O-][Cl+3]([O-])([O-])[O-].[O-][Cl+3]([O-])([O-])[O-]. The Morgan fingerprint density at radius 1 is 0.533 bits per heavy atom. The largest absolute Gasteiger partial charge is 0.222 e. The molecule has 4 aromatic rings. The van der Waals surface area contributed by atoms with Crippen molar-refractivity contribution < 1.29 is 57.8 Å². The molecule has 0 saturated heterocycles. The summed E-state index contributed by atoms with van der Waals surface area (Å²) in [5.41, 5.74) is 0. The molecule has 0 fully saturated rings. The van der Waals surface area contributed by atoms with Crippen molar-refractivity contribution in [3.8, 4) is 0 Å². The Balaban J connectivity index is 0.000000403. The van der Waals surface area contributed by atoms with Crippen LogP contribution >= 0.6 is 23.5 Å². The fraction of sp³-hybridized carbons (Fsp3) is 0.226. The summed E-state index contributed by atoms with van der Waals surface area (Å²) < 4.78 is 67.9. The first-order chi connectivity index (χ1) is 21.3. The highest BCUT2D eigenvalue weighted by Gasteiger charge is 2.52. The predicted octanol–water partition coefficient (Wildman–Crippen LogP) is -0.176. The highest BCUT2D eigenvalue weighted by Crippen LogP contribution is 2.52. The van der Waals surface area contributed by atoms with Gasteiger partial charge in [0.2, 0.25) is 0 Å². The molecule has 8 nitrogen and oxygen atoms in total. The van der Waals surface area contributed by atoms with Gasteiger partial charge in [0.05, 0.1) is 41.4 Å². The van der Waals surface area contributed by atoms with E-state index in [1.54, 1.807) is 19.6 Å². The standard InChI is InChI=1S/C31H30S4.2ClHO4/c1-3-4-17-27(35-30-20-11-7-15-25(30)33-26-16-8-12-21-31(26)35)22(2)34-28-18-9-5-13-23(28)32-24-14-6-10-19-29(24)34;2*2-1(3,4)5/h5-16,18-22,27H,3-4,17H2,1-2H3;2*(H,2,3,4,5)/q+2;;/p-2/t22-,27+;;/m0../s1. The van der Waals surface area contributed by atoms with Crippen LogP contribution in [-0.4, -0.2) is 10.5 Å². The number of unbranched alkanes of at least 4 members (excludes halogenated alkanes) is 1. The first-order valence-electron chi connectivity index (χ1n) is 13.7. The Hall–Kier alpha value is -1.46. The number of benzene rings is 4. The Morgan fingerprint density at radius 3 is 1.13 bits per heavy atom. The smallest absolute Gasteiger partial charge is 0.176 e. The van der Waals surface area contributed by atoms with Gasteiger partial charge in [0.1, 0.15) is 0 Å². The molecule has 2 aliphatic rings. The molecule has 14 heteroatoms. The fourth-order valence-corrected chi connectivity index (χ4v) is 14.3. The molecule has 2 aliphatic heterocycles. The number of rotatable bonds is 6. The van der Waals surface area contributed by atoms with Crippen LogP contribution in [0.2, 0.25) is 0 Å². The number of hydrogen-bond acceptors (Lipinski definition) is 10. The van der Waals surface area contributed by atoms with Gasteiger partial charge in [0.25, 0.3) is 0 Å². The minimum absolute atomic E-state index is 0.0512. The zero-order valence-corrected chi connectivity index (χ0v) is 28.9. The summed E-state index contributed by atoms with van der Waals surface area (Å²) in [6.07, 6.45) is 3.80. The molecule has 0 N–H and O–H groups in total. The first-order valence-corrected chi connectivity index (χ1v) is 20.4. The van der Waals surface area contributed by atoms with Crippen LogP contribution in [0.4, 0.5) is 0 Å². The molecule has 0 unspecified atom stereocenters. The van der Waals surface area contributed by atoms with Crippen molar-refractivity contribution in [2.24, 2.45) is 0 Å². The molecule has 2 atom stereocenters. The monoisotopic (exact) mass is 728 g/mol. The third kappa shape index (κ3) is 10.3. The van der Waals surface area contributed by atoms with Crippen LogP contribution in [0, 0.1) is 20.5 Å². The van der Waals surface area contributed by atoms with E-state index in [2.05, 4.69) is 111 Å². The molecule has 0 aliphatic carbocycles. The van der Waals surface area contributed by atoms with Crippen molar-refractivity contribution in [3.05, 3.63) is 97.1 Å². The second kappa shape index (κ2) is 16.1. The fourth-order valence-electron chi connectivity index (χ4n) is 5.17. The molecule has 45 heavy (non-hydrogen) atoms. The van der Waals surface area contributed by atoms with E-state index < -0.39 is 20.5 Å². The predicted molar refractivity (Wildman–Crippen MR) is 155 cm³/mol. The van der Waals surface area contributed by atoms with E-state index in [9.17, 15) is 0 Å². The lowest BCUT2D eigenvalue weighted by atomic mass is 10.1. The molecule has 240 valence electrons. The molecule has 0 bridgehead atoms. The van der Waals surface area contributed by atoms with Crippen molar-refractivity contribution in [1.29, 1.82) is 0 Å². The van der Waals surface area contributed by atoms with Crippen molar-refractivity contribution in [2.75, 3.05) is 0 Å². The highest BCUT2D eigenvalue weighted by molar-refractivity contribution is 8.06. The minimum Gasteiger partial charge on any atom is -0.222 e. The van der Waals surface area contributed by atoms with E-state index in [0.29, 0.717) is 10.5 Å². The summed E-state index contributed by atoms with van der Waals surface area (Å²) in [4.78, 5) is 12.0. The Morgan fingerprint density at radius 2 is 0.822 bits per heavy atom. The van der Waals surface area contributed by atoms with Crippen LogP contribution in [0.3, 0.4) is 0 Å². The number of halogens is 2. The summed E-state index contributed by atoms with van der Waals surface area (Å²) in [6, 6.07) is 36.7. The summed E-state index contributed by atoms with van der Waals surface area (Å²) in [6.45, 7) is 4.90. The summed E-state index contributed by atoms with van der Waals surface area (Å²) in [5, 5.41) is 1.16. The van der Waals surface area contributed by atoms with E-state index in [1.165, 1.54) is 38.8 Å². The van der Waals surface area contributed by atoms with Crippen LogP contribution in [-0.2, 0) is 21.8 Å². The van der Waals surface area contributed by atoms with Gasteiger partial charge in [-0.15, -0.1) is 20.5 Å². The van der Waals surface area contributed by atoms with Gasteiger partial charge in [-0.3, -0.25) is 0 Å². The molecule has 0 radical (unpaired) electrons. The Kier molecular flexibility index (Phi) is 13.0. The van der Waals surface area contributed by atoms with E-state index >= 15 is 0 Å². The van der Waals surface area contributed by atoms with Gasteiger partial charge in [-0.25, -0.2) is 37.3 Å². The summed E-state index contributed by atoms with van der Waals surface area (Å²) >= 11 is 3.91. The van der Waals surface area contributed by atoms with Crippen LogP contribution in [0.15, 0.2) is 136 Å². The quantitative estimate of drug-likeness (QED) is 0.242. The first kappa shape index (κ1) is 36.4. The van der Waals surface area contributed by atoms with Gasteiger partial charge in [-0.1, -0.05) is 85.4 Å². The second-order valence-electron chi connectivity index (χ2n) is 9.81. The van der Waals surface area contributed by atoms with Gasteiger partial charge < -0.3 is 0 Å². The maximum absolute atomic E-state index is 8.49. The highest BCUT2D eigenvalue weighted by atomic mass is 35.7. The van der Waals surface area contributed by atoms with Crippen LogP contribution in [0.25, 0.3) is 0 Å². The number of hydrogen-bond donors (Lipinski definition) is 0. The third-order valence-electron chi connectivity index (χ3n) is 6.82. The van der Waals surface area contributed by atoms with Crippen LogP contribution in [0.1, 0.15) is 33.1 Å². The average molecular weight is 730 g/mol. The molecular weight excluding hydrogens is 700 g/mol. The van der Waals surface area contributed by atoms with Gasteiger partial charge in [-0.2, -0.15) is 0 Å². The molecule has 0 saturated carbocycles. The topological polar surface area (TPSA) is 184 Å². The Bertz CT molecular complexity index is 1450. The van der Waals surface area contributed by atoms with Crippen molar-refractivity contribution in [3.63, 3.8) is 0 Å². The van der Waals surface area contributed by atoms with Crippen molar-refractivity contribution >= 4 is 45.3 Å². The minimum atomic E-state index is -4.94. The van der Waals surface area contributed by atoms with Gasteiger partial charge >= 0.3 is 0 Å². The molecule has 0 amide bonds. The lowest BCUT2D eigenvalue weighted by molar-refractivity contribution is -2.00. The lowest BCUT2D eigenvalue weighted by Crippen LogP contribution is -2.68. The normalized spacial score (nSPS) is 15.5. The maximum Gasteiger partial charge on any atom is 0.176 e. The maximum atomic E-state index is 8.49. The van der Waals surface area contributed by atoms with Crippen LogP contribution < -0.4 is 37.3 Å². The zero-order valence-electron chi connectivity index (χ0n) is 24.2. The molecular formula is C31H30Cl2O8S4. The molecule has 0 spiro atoms. The molecule has 0 aromatic heterocycles. The van der Waals surface area contributed by atoms with Gasteiger partial charge in [-0.05, 0) is 61.9 Å². The Labute approximate surface area is 281 Å². The van der Waals surface area contributed by atoms with E-state index in [-0.39, 0.29) is 21.8 Å². The second-order valence-corrected chi connectivity index (χ2v) is 17.9. The lowest BCUT2D eigenvalue weighted by Gasteiger charge is -2.30. The van der Waals surface area contributed by atoms with Gasteiger partial charge in [0, 0.05) is 6.42 Å². The molecule has 6 rings (SSSR count). The zero-order chi connectivity index (χ0) is 32.8. The number of fused-ring (bicyclic) bond motifs is 4. The van der Waals surface area contributed by atoms with E-state index in [4.69, 9.17) is 37.3 Å². The van der Waals surface area contributed by atoms with Gasteiger partial charge in [0.15, 0.2) is 30.1 Å². The van der Waals surface area contributed by atoms with E-state index in [1.807, 2.05) is 23.5 Å². The van der Waals surface area contributed by atoms with E-state index in [0.717, 1.165) is 0 Å². The average Bonchev–Trinajstić information content (AvgIpc) is 2.97.